The Kier molecular flexibility index (Phi) is 8.53. The van der Waals surface area contributed by atoms with Crippen LogP contribution in [0.4, 0.5) is 11.4 Å². The Bertz CT molecular complexity index is 1270. The van der Waals surface area contributed by atoms with E-state index in [4.69, 9.17) is 0 Å². The van der Waals surface area contributed by atoms with Crippen LogP contribution in [0.15, 0.2) is 76.5 Å². The first-order chi connectivity index (χ1) is 20.2. The third kappa shape index (κ3) is 5.44. The zero-order chi connectivity index (χ0) is 29.5. The van der Waals surface area contributed by atoms with Gasteiger partial charge in [-0.25, -0.2) is 0 Å². The number of aliphatic hydroxyl groups is 1. The van der Waals surface area contributed by atoms with Crippen LogP contribution >= 0.6 is 0 Å². The second-order valence-corrected chi connectivity index (χ2v) is 15.4. The predicted molar refractivity (Wildman–Crippen MR) is 174 cm³/mol. The van der Waals surface area contributed by atoms with Gasteiger partial charge in [-0.15, -0.1) is 0 Å². The number of allylic oxidation sites excluding steroid dienone is 1. The molecule has 0 bridgehead atoms. The van der Waals surface area contributed by atoms with Crippen LogP contribution in [0.5, 0.6) is 0 Å². The van der Waals surface area contributed by atoms with Crippen molar-refractivity contribution in [1.29, 1.82) is 0 Å². The van der Waals surface area contributed by atoms with Crippen molar-refractivity contribution in [2.24, 2.45) is 56.6 Å². The largest absolute Gasteiger partial charge is 0.393 e. The van der Waals surface area contributed by atoms with Gasteiger partial charge < -0.3 is 5.11 Å². The summed E-state index contributed by atoms with van der Waals surface area (Å²) in [5, 5.41) is 20.0. The molecule has 2 aromatic rings. The number of nitrogens with zero attached hydrogens (tertiary/aromatic N) is 2. The molecule has 4 aliphatic carbocycles. The van der Waals surface area contributed by atoms with E-state index in [9.17, 15) is 5.11 Å². The van der Waals surface area contributed by atoms with Crippen LogP contribution in [0.25, 0.3) is 0 Å². The van der Waals surface area contributed by atoms with Crippen molar-refractivity contribution in [3.63, 3.8) is 0 Å². The summed E-state index contributed by atoms with van der Waals surface area (Å²) in [4.78, 5) is 0. The van der Waals surface area contributed by atoms with Gasteiger partial charge in [0.25, 0.3) is 0 Å². The molecule has 0 aliphatic heterocycles. The van der Waals surface area contributed by atoms with Gasteiger partial charge in [-0.2, -0.15) is 10.2 Å². The van der Waals surface area contributed by atoms with Crippen LogP contribution in [0, 0.1) is 46.3 Å². The van der Waals surface area contributed by atoms with Gasteiger partial charge in [0.2, 0.25) is 0 Å². The van der Waals surface area contributed by atoms with Crippen molar-refractivity contribution in [1.82, 2.24) is 0 Å². The maximum absolute atomic E-state index is 11.1. The monoisotopic (exact) mass is 566 g/mol. The van der Waals surface area contributed by atoms with E-state index in [0.29, 0.717) is 17.3 Å². The molecule has 0 radical (unpaired) electrons. The van der Waals surface area contributed by atoms with Gasteiger partial charge in [0, 0.05) is 0 Å². The Morgan fingerprint density at radius 1 is 0.857 bits per heavy atom. The van der Waals surface area contributed by atoms with E-state index in [1.54, 1.807) is 5.57 Å². The smallest absolute Gasteiger partial charge is 0.0857 e. The fraction of sp³-hybridized carbons (Fsp3) is 0.641. The maximum Gasteiger partial charge on any atom is 0.0857 e. The zero-order valence-corrected chi connectivity index (χ0v) is 26.8. The number of hydrogen-bond donors (Lipinski definition) is 1. The highest BCUT2D eigenvalue weighted by Gasteiger charge is 2.61. The van der Waals surface area contributed by atoms with Crippen molar-refractivity contribution < 1.29 is 5.11 Å². The highest BCUT2D eigenvalue weighted by atomic mass is 16.3. The van der Waals surface area contributed by atoms with Gasteiger partial charge in [-0.3, -0.25) is 0 Å². The Hall–Kier alpha value is -2.26. The van der Waals surface area contributed by atoms with Crippen LogP contribution in [0.2, 0.25) is 0 Å². The first kappa shape index (κ1) is 29.8. The van der Waals surface area contributed by atoms with Gasteiger partial charge in [0.1, 0.15) is 0 Å². The van der Waals surface area contributed by atoms with Crippen molar-refractivity contribution in [2.45, 2.75) is 111 Å². The van der Waals surface area contributed by atoms with Crippen molar-refractivity contribution in [3.05, 3.63) is 71.8 Å². The predicted octanol–water partition coefficient (Wildman–Crippen LogP) is 11.2. The molecule has 3 heteroatoms. The molecule has 6 rings (SSSR count). The standard InChI is InChI=1S/C39H54N2O/c1-26(2)10-9-11-27(3)34-20-21-35-33-19-16-29-24-32(42)25-37(39(29,5)36(33)22-23-38(34,35)4)28-14-17-31(18-15-28)41-40-30-12-7-6-8-13-30/h6-8,12-18,26-27,32-37,42H,9-11,19-25H2,1-5H3/t27-,32-,33+,34-,35+,36+,37?,38-,39+/m1/s1. The average molecular weight is 567 g/mol. The minimum Gasteiger partial charge on any atom is -0.393 e. The van der Waals surface area contributed by atoms with Gasteiger partial charge in [0.05, 0.1) is 17.5 Å². The third-order valence-corrected chi connectivity index (χ3v) is 12.8. The number of rotatable bonds is 8. The number of fused-ring (bicyclic) bond motifs is 5. The lowest BCUT2D eigenvalue weighted by Crippen LogP contribution is -2.53. The van der Waals surface area contributed by atoms with E-state index in [1.807, 2.05) is 30.3 Å². The molecule has 0 spiro atoms. The number of benzene rings is 2. The van der Waals surface area contributed by atoms with Crippen LogP contribution in [0.3, 0.4) is 0 Å². The van der Waals surface area contributed by atoms with Crippen molar-refractivity contribution in [2.75, 3.05) is 0 Å². The summed E-state index contributed by atoms with van der Waals surface area (Å²) in [7, 11) is 0. The maximum atomic E-state index is 11.1. The number of hydrogen-bond acceptors (Lipinski definition) is 3. The summed E-state index contributed by atoms with van der Waals surface area (Å²) in [5.41, 5.74) is 5.27. The Morgan fingerprint density at radius 2 is 1.57 bits per heavy atom. The van der Waals surface area contributed by atoms with Gasteiger partial charge in [-0.1, -0.05) is 95.9 Å². The Morgan fingerprint density at radius 3 is 2.29 bits per heavy atom. The molecule has 42 heavy (non-hydrogen) atoms. The molecule has 0 aromatic heterocycles. The number of azo groups is 1. The second-order valence-electron chi connectivity index (χ2n) is 15.4. The van der Waals surface area contributed by atoms with Crippen LogP contribution < -0.4 is 0 Å². The summed E-state index contributed by atoms with van der Waals surface area (Å²) in [6, 6.07) is 18.7. The van der Waals surface area contributed by atoms with Gasteiger partial charge >= 0.3 is 0 Å². The first-order valence-electron chi connectivity index (χ1n) is 17.1. The molecule has 1 unspecified atom stereocenters. The minimum absolute atomic E-state index is 0.123. The second kappa shape index (κ2) is 12.0. The fourth-order valence-electron chi connectivity index (χ4n) is 10.6. The summed E-state index contributed by atoms with van der Waals surface area (Å²) in [6.07, 6.45) is 15.0. The fourth-order valence-corrected chi connectivity index (χ4v) is 10.6. The molecule has 1 N–H and O–H groups in total. The van der Waals surface area contributed by atoms with E-state index < -0.39 is 0 Å². The summed E-state index contributed by atoms with van der Waals surface area (Å²) in [6.45, 7) is 12.6. The topological polar surface area (TPSA) is 45.0 Å². The SMILES string of the molecule is CC(C)CCC[C@@H](C)[C@H]1CC[C@H]2[C@@H]3CC=C4C[C@@H](O)CC(c5ccc(N=Nc6ccccc6)cc5)[C@]4(C)[C@H]3CC[C@]12C. The normalized spacial score (nSPS) is 36.8. The highest BCUT2D eigenvalue weighted by molar-refractivity contribution is 5.43. The van der Waals surface area contributed by atoms with Crippen LogP contribution in [-0.4, -0.2) is 11.2 Å². The molecule has 3 saturated carbocycles. The van der Waals surface area contributed by atoms with Gasteiger partial charge in [0.15, 0.2) is 0 Å². The molecule has 3 nitrogen and oxygen atoms in total. The van der Waals surface area contributed by atoms with E-state index in [0.717, 1.165) is 53.8 Å². The lowest BCUT2D eigenvalue weighted by Gasteiger charge is -2.60. The van der Waals surface area contributed by atoms with Crippen molar-refractivity contribution >= 4 is 11.4 Å². The summed E-state index contributed by atoms with van der Waals surface area (Å²) >= 11 is 0. The average Bonchev–Trinajstić information content (AvgIpc) is 3.34. The van der Waals surface area contributed by atoms with E-state index in [1.165, 1.54) is 56.9 Å². The van der Waals surface area contributed by atoms with Crippen molar-refractivity contribution in [3.8, 4) is 0 Å². The minimum atomic E-state index is -0.250. The molecule has 0 saturated heterocycles. The van der Waals surface area contributed by atoms with E-state index in [-0.39, 0.29) is 11.5 Å². The van der Waals surface area contributed by atoms with E-state index >= 15 is 0 Å². The molecule has 226 valence electrons. The molecular formula is C39H54N2O. The van der Waals surface area contributed by atoms with Gasteiger partial charge in [-0.05, 0) is 127 Å². The van der Waals surface area contributed by atoms with E-state index in [2.05, 4.69) is 75.2 Å². The molecule has 9 atom stereocenters. The Balaban J connectivity index is 1.23. The lowest BCUT2D eigenvalue weighted by atomic mass is 9.44. The molecule has 3 fully saturated rings. The van der Waals surface area contributed by atoms with Crippen LogP contribution in [0.1, 0.15) is 110 Å². The third-order valence-electron chi connectivity index (χ3n) is 12.8. The summed E-state index contributed by atoms with van der Waals surface area (Å²) < 4.78 is 0. The molecule has 0 heterocycles. The quantitative estimate of drug-likeness (QED) is 0.251. The lowest BCUT2D eigenvalue weighted by molar-refractivity contribution is -0.0652. The summed E-state index contributed by atoms with van der Waals surface area (Å²) in [5.74, 6) is 5.22. The molecule has 4 aliphatic rings. The zero-order valence-electron chi connectivity index (χ0n) is 26.8. The first-order valence-corrected chi connectivity index (χ1v) is 17.1. The number of aliphatic hydroxyl groups excluding tert-OH is 1. The molecule has 0 amide bonds. The molecular weight excluding hydrogens is 512 g/mol. The molecule has 2 aromatic carbocycles. The van der Waals surface area contributed by atoms with Crippen LogP contribution in [-0.2, 0) is 0 Å². The highest BCUT2D eigenvalue weighted by Crippen LogP contribution is 2.69. The Labute approximate surface area is 255 Å².